The van der Waals surface area contributed by atoms with Gasteiger partial charge in [0.2, 0.25) is 5.91 Å². The zero-order valence-corrected chi connectivity index (χ0v) is 16.9. The topological polar surface area (TPSA) is 32.3 Å². The van der Waals surface area contributed by atoms with Crippen LogP contribution in [0.2, 0.25) is 0 Å². The van der Waals surface area contributed by atoms with Crippen LogP contribution in [0.5, 0.6) is 0 Å². The molecule has 1 unspecified atom stereocenters. The maximum Gasteiger partial charge on any atom is 0.222 e. The molecular formula is C23H29ClN2O. The van der Waals surface area contributed by atoms with Crippen molar-refractivity contribution in [1.82, 2.24) is 10.2 Å². The van der Waals surface area contributed by atoms with Gasteiger partial charge in [-0.1, -0.05) is 42.5 Å². The minimum absolute atomic E-state index is 0. The summed E-state index contributed by atoms with van der Waals surface area (Å²) in [4.78, 5) is 14.5. The van der Waals surface area contributed by atoms with Crippen molar-refractivity contribution in [2.24, 2.45) is 5.92 Å². The third-order valence-corrected chi connectivity index (χ3v) is 5.85. The number of nitrogens with one attached hydrogen (secondary N) is 1. The van der Waals surface area contributed by atoms with Gasteiger partial charge in [-0.05, 0) is 73.0 Å². The number of rotatable bonds is 6. The van der Waals surface area contributed by atoms with Crippen molar-refractivity contribution in [2.45, 2.75) is 32.1 Å². The van der Waals surface area contributed by atoms with Gasteiger partial charge in [0.1, 0.15) is 0 Å². The quantitative estimate of drug-likeness (QED) is 0.694. The van der Waals surface area contributed by atoms with E-state index in [9.17, 15) is 4.79 Å². The predicted octanol–water partition coefficient (Wildman–Crippen LogP) is 4.07. The molecule has 1 saturated heterocycles. The highest BCUT2D eigenvalue weighted by molar-refractivity contribution is 5.85. The van der Waals surface area contributed by atoms with Gasteiger partial charge >= 0.3 is 0 Å². The Morgan fingerprint density at radius 2 is 1.96 bits per heavy atom. The lowest BCUT2D eigenvalue weighted by Gasteiger charge is -2.16. The van der Waals surface area contributed by atoms with Crippen LogP contribution >= 0.6 is 12.4 Å². The van der Waals surface area contributed by atoms with Crippen molar-refractivity contribution in [2.75, 3.05) is 26.7 Å². The second-order valence-corrected chi connectivity index (χ2v) is 7.73. The van der Waals surface area contributed by atoms with E-state index in [1.807, 2.05) is 7.05 Å². The highest BCUT2D eigenvalue weighted by Crippen LogP contribution is 2.37. The minimum atomic E-state index is 0. The summed E-state index contributed by atoms with van der Waals surface area (Å²) in [7, 11) is 1.99. The minimum Gasteiger partial charge on any atom is -0.342 e. The maximum atomic E-state index is 12.4. The Kier molecular flexibility index (Phi) is 6.56. The average molecular weight is 385 g/mol. The van der Waals surface area contributed by atoms with Crippen molar-refractivity contribution >= 4 is 18.3 Å². The Balaban J connectivity index is 0.00000210. The summed E-state index contributed by atoms with van der Waals surface area (Å²) in [5.74, 6) is 0.954. The lowest BCUT2D eigenvalue weighted by Crippen LogP contribution is -2.30. The van der Waals surface area contributed by atoms with Crippen LogP contribution in [0.1, 0.15) is 36.0 Å². The number of carbonyl (C=O) groups is 1. The first-order chi connectivity index (χ1) is 12.7. The molecule has 1 amide bonds. The molecule has 1 N–H and O–H groups in total. The van der Waals surface area contributed by atoms with Crippen molar-refractivity contribution in [3.63, 3.8) is 0 Å². The van der Waals surface area contributed by atoms with E-state index in [2.05, 4.69) is 52.7 Å². The molecule has 4 heteroatoms. The summed E-state index contributed by atoms with van der Waals surface area (Å²) in [5, 5.41) is 3.22. The van der Waals surface area contributed by atoms with E-state index in [1.165, 1.54) is 27.8 Å². The molecule has 0 spiro atoms. The van der Waals surface area contributed by atoms with Crippen LogP contribution in [0.15, 0.2) is 42.5 Å². The largest absolute Gasteiger partial charge is 0.342 e. The van der Waals surface area contributed by atoms with E-state index in [0.717, 1.165) is 45.3 Å². The molecule has 4 rings (SSSR count). The summed E-state index contributed by atoms with van der Waals surface area (Å²) in [6, 6.07) is 15.6. The molecule has 1 aliphatic heterocycles. The highest BCUT2D eigenvalue weighted by Gasteiger charge is 2.25. The second kappa shape index (κ2) is 8.90. The third-order valence-electron chi connectivity index (χ3n) is 5.85. The molecule has 1 aliphatic carbocycles. The maximum absolute atomic E-state index is 12.4. The van der Waals surface area contributed by atoms with E-state index in [0.29, 0.717) is 18.2 Å². The van der Waals surface area contributed by atoms with Gasteiger partial charge in [0.05, 0.1) is 0 Å². The molecular weight excluding hydrogens is 356 g/mol. The molecule has 144 valence electrons. The average Bonchev–Trinajstić information content (AvgIpc) is 3.26. The summed E-state index contributed by atoms with van der Waals surface area (Å²) in [6.07, 6.45) is 4.77. The zero-order chi connectivity index (χ0) is 17.9. The second-order valence-electron chi connectivity index (χ2n) is 7.73. The van der Waals surface area contributed by atoms with E-state index in [-0.39, 0.29) is 12.4 Å². The molecule has 3 nitrogen and oxygen atoms in total. The molecule has 1 atom stereocenters. The standard InChI is InChI=1S/C23H28N2O.ClH/c1-24-15-18-11-12-25(16-18)23(26)8-4-5-17-9-10-20-14-19-6-2-3-7-21(19)22(20)13-17;/h2-3,6-7,9-10,13,18,24H,4-5,8,11-12,14-16H2,1H3;1H. The Labute approximate surface area is 168 Å². The number of aryl methyl sites for hydroxylation is 1. The van der Waals surface area contributed by atoms with Crippen LogP contribution in [0, 0.1) is 5.92 Å². The number of hydrogen-bond acceptors (Lipinski definition) is 2. The van der Waals surface area contributed by atoms with Crippen LogP contribution in [0.25, 0.3) is 11.1 Å². The molecule has 0 radical (unpaired) electrons. The Morgan fingerprint density at radius 3 is 2.81 bits per heavy atom. The highest BCUT2D eigenvalue weighted by atomic mass is 35.5. The zero-order valence-electron chi connectivity index (χ0n) is 16.0. The van der Waals surface area contributed by atoms with Crippen molar-refractivity contribution in [1.29, 1.82) is 0 Å². The fourth-order valence-electron chi connectivity index (χ4n) is 4.44. The van der Waals surface area contributed by atoms with Crippen LogP contribution < -0.4 is 5.32 Å². The fourth-order valence-corrected chi connectivity index (χ4v) is 4.44. The first kappa shape index (κ1) is 19.9. The van der Waals surface area contributed by atoms with E-state index >= 15 is 0 Å². The third kappa shape index (κ3) is 4.36. The number of benzene rings is 2. The predicted molar refractivity (Wildman–Crippen MR) is 113 cm³/mol. The molecule has 27 heavy (non-hydrogen) atoms. The van der Waals surface area contributed by atoms with Gasteiger partial charge in [0, 0.05) is 19.5 Å². The van der Waals surface area contributed by atoms with Crippen molar-refractivity contribution in [3.8, 4) is 11.1 Å². The lowest BCUT2D eigenvalue weighted by molar-refractivity contribution is -0.130. The van der Waals surface area contributed by atoms with E-state index in [4.69, 9.17) is 0 Å². The first-order valence-corrected chi connectivity index (χ1v) is 9.87. The molecule has 0 aromatic heterocycles. The van der Waals surface area contributed by atoms with E-state index in [1.54, 1.807) is 0 Å². The molecule has 1 heterocycles. The Morgan fingerprint density at radius 1 is 1.15 bits per heavy atom. The smallest absolute Gasteiger partial charge is 0.222 e. The summed E-state index contributed by atoms with van der Waals surface area (Å²) in [5.41, 5.74) is 6.98. The first-order valence-electron chi connectivity index (χ1n) is 9.87. The van der Waals surface area contributed by atoms with Gasteiger partial charge < -0.3 is 10.2 Å². The van der Waals surface area contributed by atoms with Gasteiger partial charge in [-0.3, -0.25) is 4.79 Å². The lowest BCUT2D eigenvalue weighted by atomic mass is 10.00. The summed E-state index contributed by atoms with van der Waals surface area (Å²) >= 11 is 0. The number of carbonyl (C=O) groups excluding carboxylic acids is 1. The van der Waals surface area contributed by atoms with Gasteiger partial charge in [-0.2, -0.15) is 0 Å². The number of likely N-dealkylation sites (tertiary alicyclic amines) is 1. The van der Waals surface area contributed by atoms with Crippen LogP contribution in [-0.4, -0.2) is 37.5 Å². The van der Waals surface area contributed by atoms with Crippen LogP contribution in [0.4, 0.5) is 0 Å². The summed E-state index contributed by atoms with van der Waals surface area (Å²) in [6.45, 7) is 2.87. The fraction of sp³-hybridized carbons (Fsp3) is 0.435. The van der Waals surface area contributed by atoms with Crippen LogP contribution in [-0.2, 0) is 17.6 Å². The van der Waals surface area contributed by atoms with Crippen molar-refractivity contribution in [3.05, 3.63) is 59.2 Å². The number of nitrogens with zero attached hydrogens (tertiary/aromatic N) is 1. The van der Waals surface area contributed by atoms with Gasteiger partial charge in [-0.15, -0.1) is 12.4 Å². The number of hydrogen-bond donors (Lipinski definition) is 1. The normalized spacial score (nSPS) is 17.4. The van der Waals surface area contributed by atoms with Gasteiger partial charge in [0.15, 0.2) is 0 Å². The number of amides is 1. The molecule has 2 aromatic rings. The monoisotopic (exact) mass is 384 g/mol. The molecule has 0 saturated carbocycles. The van der Waals surface area contributed by atoms with Crippen molar-refractivity contribution < 1.29 is 4.79 Å². The Bertz CT molecular complexity index is 805. The molecule has 1 fully saturated rings. The molecule has 0 bridgehead atoms. The van der Waals surface area contributed by atoms with E-state index < -0.39 is 0 Å². The van der Waals surface area contributed by atoms with Crippen LogP contribution in [0.3, 0.4) is 0 Å². The number of fused-ring (bicyclic) bond motifs is 3. The Hall–Kier alpha value is -1.84. The number of halogens is 1. The SMILES string of the molecule is CNCC1CCN(C(=O)CCCc2ccc3c(c2)-c2ccccc2C3)C1.Cl. The molecule has 2 aliphatic rings. The van der Waals surface area contributed by atoms with Gasteiger partial charge in [-0.25, -0.2) is 0 Å². The summed E-state index contributed by atoms with van der Waals surface area (Å²) < 4.78 is 0. The molecule has 2 aromatic carbocycles. The van der Waals surface area contributed by atoms with Gasteiger partial charge in [0.25, 0.3) is 0 Å².